The molecule has 0 spiro atoms. The van der Waals surface area contributed by atoms with E-state index in [1.54, 1.807) is 19.1 Å². The van der Waals surface area contributed by atoms with Crippen molar-refractivity contribution < 1.29 is 8.42 Å². The van der Waals surface area contributed by atoms with Gasteiger partial charge in [-0.25, -0.2) is 8.42 Å². The van der Waals surface area contributed by atoms with Crippen LogP contribution in [-0.4, -0.2) is 33.3 Å². The van der Waals surface area contributed by atoms with Crippen molar-refractivity contribution >= 4 is 15.5 Å². The van der Waals surface area contributed by atoms with Crippen LogP contribution in [0.5, 0.6) is 0 Å². The van der Waals surface area contributed by atoms with Crippen LogP contribution in [-0.2, 0) is 9.84 Å². The first-order valence-corrected chi connectivity index (χ1v) is 8.58. The van der Waals surface area contributed by atoms with E-state index < -0.39 is 9.84 Å². The highest BCUT2D eigenvalue weighted by atomic mass is 32.2. The van der Waals surface area contributed by atoms with E-state index in [4.69, 9.17) is 0 Å². The molecule has 0 aromatic heterocycles. The van der Waals surface area contributed by atoms with Crippen LogP contribution >= 0.6 is 0 Å². The highest BCUT2D eigenvalue weighted by Gasteiger charge is 2.17. The number of para-hydroxylation sites is 1. The molecule has 106 valence electrons. The highest BCUT2D eigenvalue weighted by molar-refractivity contribution is 7.91. The van der Waals surface area contributed by atoms with E-state index in [0.717, 1.165) is 25.2 Å². The Labute approximate surface area is 115 Å². The molecule has 1 aromatic carbocycles. The summed E-state index contributed by atoms with van der Waals surface area (Å²) in [6.45, 7) is 3.58. The van der Waals surface area contributed by atoms with Gasteiger partial charge < -0.3 is 10.6 Å². The average molecular weight is 282 g/mol. The molecule has 0 saturated carbocycles. The van der Waals surface area contributed by atoms with Crippen molar-refractivity contribution in [1.82, 2.24) is 5.32 Å². The van der Waals surface area contributed by atoms with E-state index in [1.807, 2.05) is 12.1 Å². The summed E-state index contributed by atoms with van der Waals surface area (Å²) in [5.74, 6) is 0.135. The lowest BCUT2D eigenvalue weighted by molar-refractivity contribution is 0.574. The van der Waals surface area contributed by atoms with Gasteiger partial charge in [-0.05, 0) is 37.9 Å². The van der Waals surface area contributed by atoms with Crippen LogP contribution in [0.2, 0.25) is 0 Å². The molecular formula is C14H22N2O2S. The Balaban J connectivity index is 1.99. The number of hydrogen-bond acceptors (Lipinski definition) is 4. The van der Waals surface area contributed by atoms with Gasteiger partial charge in [0, 0.05) is 12.6 Å². The number of anilines is 1. The summed E-state index contributed by atoms with van der Waals surface area (Å²) in [4.78, 5) is 0.414. The van der Waals surface area contributed by atoms with Crippen LogP contribution in [0.1, 0.15) is 26.2 Å². The predicted octanol–water partition coefficient (Wildman–Crippen LogP) is 2.03. The molecule has 4 nitrogen and oxygen atoms in total. The largest absolute Gasteiger partial charge is 0.384 e. The summed E-state index contributed by atoms with van der Waals surface area (Å²) in [6, 6.07) is 7.72. The van der Waals surface area contributed by atoms with E-state index in [-0.39, 0.29) is 5.75 Å². The summed E-state index contributed by atoms with van der Waals surface area (Å²) < 4.78 is 24.0. The lowest BCUT2D eigenvalue weighted by Gasteiger charge is -2.14. The molecule has 1 aliphatic heterocycles. The molecule has 1 saturated heterocycles. The smallest absolute Gasteiger partial charge is 0.180 e. The van der Waals surface area contributed by atoms with Crippen molar-refractivity contribution in [2.45, 2.75) is 37.1 Å². The van der Waals surface area contributed by atoms with Gasteiger partial charge in [-0.15, -0.1) is 0 Å². The van der Waals surface area contributed by atoms with E-state index in [0.29, 0.717) is 10.9 Å². The summed E-state index contributed by atoms with van der Waals surface area (Å²) in [5.41, 5.74) is 0.724. The Morgan fingerprint density at radius 2 is 2.16 bits per heavy atom. The first-order chi connectivity index (χ1) is 9.13. The zero-order valence-corrected chi connectivity index (χ0v) is 12.2. The van der Waals surface area contributed by atoms with Crippen molar-refractivity contribution in [2.75, 3.05) is 24.2 Å². The zero-order valence-electron chi connectivity index (χ0n) is 11.4. The van der Waals surface area contributed by atoms with Crippen LogP contribution in [0.4, 0.5) is 5.69 Å². The summed E-state index contributed by atoms with van der Waals surface area (Å²) >= 11 is 0. The Morgan fingerprint density at radius 3 is 2.84 bits per heavy atom. The van der Waals surface area contributed by atoms with Crippen molar-refractivity contribution in [2.24, 2.45) is 0 Å². The van der Waals surface area contributed by atoms with Gasteiger partial charge in [0.15, 0.2) is 9.84 Å². The standard InChI is InChI=1S/C14H22N2O2S/c1-2-19(17,18)14-8-4-3-7-13(14)16-11-9-12-6-5-10-15-12/h3-4,7-8,12,15-16H,2,5-6,9-11H2,1H3/t12-/m0/s1. The molecule has 2 rings (SSSR count). The van der Waals surface area contributed by atoms with Crippen molar-refractivity contribution in [3.63, 3.8) is 0 Å². The molecule has 1 aliphatic rings. The maximum Gasteiger partial charge on any atom is 0.180 e. The fourth-order valence-corrected chi connectivity index (χ4v) is 3.50. The lowest BCUT2D eigenvalue weighted by Crippen LogP contribution is -2.24. The summed E-state index contributed by atoms with van der Waals surface area (Å²) in [7, 11) is -3.16. The van der Waals surface area contributed by atoms with Gasteiger partial charge in [-0.1, -0.05) is 19.1 Å². The summed E-state index contributed by atoms with van der Waals surface area (Å²) in [6.07, 6.45) is 3.49. The van der Waals surface area contributed by atoms with Crippen molar-refractivity contribution in [1.29, 1.82) is 0 Å². The molecule has 0 amide bonds. The molecule has 0 aliphatic carbocycles. The Kier molecular flexibility index (Phi) is 4.82. The number of benzene rings is 1. The van der Waals surface area contributed by atoms with Gasteiger partial charge in [0.05, 0.1) is 16.3 Å². The molecule has 1 aromatic rings. The SMILES string of the molecule is CCS(=O)(=O)c1ccccc1NCC[C@@H]1CCCN1. The van der Waals surface area contributed by atoms with E-state index in [9.17, 15) is 8.42 Å². The van der Waals surface area contributed by atoms with E-state index in [1.165, 1.54) is 12.8 Å². The van der Waals surface area contributed by atoms with Gasteiger partial charge in [0.2, 0.25) is 0 Å². The monoisotopic (exact) mass is 282 g/mol. The Morgan fingerprint density at radius 1 is 1.37 bits per heavy atom. The number of nitrogens with one attached hydrogen (secondary N) is 2. The first-order valence-electron chi connectivity index (χ1n) is 6.92. The van der Waals surface area contributed by atoms with Gasteiger partial charge in [0.25, 0.3) is 0 Å². The third-order valence-corrected chi connectivity index (χ3v) is 5.36. The number of hydrogen-bond donors (Lipinski definition) is 2. The Hall–Kier alpha value is -1.07. The second-order valence-electron chi connectivity index (χ2n) is 4.91. The minimum atomic E-state index is -3.16. The number of sulfone groups is 1. The van der Waals surface area contributed by atoms with Crippen molar-refractivity contribution in [3.8, 4) is 0 Å². The lowest BCUT2D eigenvalue weighted by atomic mass is 10.1. The minimum absolute atomic E-state index is 0.135. The van der Waals surface area contributed by atoms with Gasteiger partial charge in [-0.2, -0.15) is 0 Å². The molecule has 19 heavy (non-hydrogen) atoms. The molecule has 1 atom stereocenters. The van der Waals surface area contributed by atoms with Crippen LogP contribution in [0, 0.1) is 0 Å². The molecule has 0 radical (unpaired) electrons. The van der Waals surface area contributed by atoms with Crippen LogP contribution < -0.4 is 10.6 Å². The maximum absolute atomic E-state index is 12.0. The summed E-state index contributed by atoms with van der Waals surface area (Å²) in [5, 5.41) is 6.70. The van der Waals surface area contributed by atoms with Crippen LogP contribution in [0.3, 0.4) is 0 Å². The zero-order chi connectivity index (χ0) is 13.7. The molecule has 1 fully saturated rings. The van der Waals surface area contributed by atoms with E-state index >= 15 is 0 Å². The average Bonchev–Trinajstić information content (AvgIpc) is 2.92. The fraction of sp³-hybridized carbons (Fsp3) is 0.571. The minimum Gasteiger partial charge on any atom is -0.384 e. The molecule has 0 unspecified atom stereocenters. The topological polar surface area (TPSA) is 58.2 Å². The third-order valence-electron chi connectivity index (χ3n) is 3.57. The number of rotatable bonds is 6. The highest BCUT2D eigenvalue weighted by Crippen LogP contribution is 2.22. The normalized spacial score (nSPS) is 19.5. The van der Waals surface area contributed by atoms with Gasteiger partial charge >= 0.3 is 0 Å². The fourth-order valence-electron chi connectivity index (χ4n) is 2.42. The van der Waals surface area contributed by atoms with Gasteiger partial charge in [0.1, 0.15) is 0 Å². The molecule has 2 N–H and O–H groups in total. The predicted molar refractivity (Wildman–Crippen MR) is 78.3 cm³/mol. The second-order valence-corrected chi connectivity index (χ2v) is 7.15. The molecular weight excluding hydrogens is 260 g/mol. The molecule has 5 heteroatoms. The van der Waals surface area contributed by atoms with Gasteiger partial charge in [-0.3, -0.25) is 0 Å². The van der Waals surface area contributed by atoms with Crippen LogP contribution in [0.25, 0.3) is 0 Å². The third kappa shape index (κ3) is 3.70. The first kappa shape index (κ1) is 14.3. The Bertz CT molecular complexity index is 508. The molecule has 0 bridgehead atoms. The molecule has 1 heterocycles. The quantitative estimate of drug-likeness (QED) is 0.838. The maximum atomic E-state index is 12.0. The van der Waals surface area contributed by atoms with E-state index in [2.05, 4.69) is 10.6 Å². The van der Waals surface area contributed by atoms with Crippen LogP contribution in [0.15, 0.2) is 29.2 Å². The van der Waals surface area contributed by atoms with Crippen molar-refractivity contribution in [3.05, 3.63) is 24.3 Å². The second kappa shape index (κ2) is 6.39.